The second-order valence-corrected chi connectivity index (χ2v) is 7.32. The van der Waals surface area contributed by atoms with Crippen molar-refractivity contribution >= 4 is 35.3 Å². The molecule has 3 rings (SSSR count). The van der Waals surface area contributed by atoms with Crippen molar-refractivity contribution in [2.75, 3.05) is 56.3 Å². The van der Waals surface area contributed by atoms with Crippen LogP contribution >= 0.6 is 0 Å². The third-order valence-electron chi connectivity index (χ3n) is 5.22. The fourth-order valence-electron chi connectivity index (χ4n) is 3.51. The minimum atomic E-state index is -4.59. The Morgan fingerprint density at radius 3 is 2.52 bits per heavy atom. The van der Waals surface area contributed by atoms with E-state index in [2.05, 4.69) is 25.9 Å². The van der Waals surface area contributed by atoms with Gasteiger partial charge >= 0.3 is 6.18 Å². The van der Waals surface area contributed by atoms with Gasteiger partial charge in [0.2, 0.25) is 11.9 Å². The average Bonchev–Trinajstić information content (AvgIpc) is 2.81. The number of hydrogen-bond donors (Lipinski definition) is 4. The smallest absolute Gasteiger partial charge is 0.388 e. The summed E-state index contributed by atoms with van der Waals surface area (Å²) in [6.45, 7) is 2.19. The van der Waals surface area contributed by atoms with E-state index in [-0.39, 0.29) is 17.7 Å². The third kappa shape index (κ3) is 5.89. The highest BCUT2D eigenvalue weighted by atomic mass is 19.4. The average molecular weight is 465 g/mol. The Hall–Kier alpha value is -3.41. The zero-order valence-electron chi connectivity index (χ0n) is 18.3. The molecular weight excluding hydrogens is 439 g/mol. The molecule has 178 valence electrons. The number of aryl methyl sites for hydroxylation is 1. The van der Waals surface area contributed by atoms with Gasteiger partial charge in [0.25, 0.3) is 0 Å². The van der Waals surface area contributed by atoms with Gasteiger partial charge in [-0.15, -0.1) is 0 Å². The Morgan fingerprint density at radius 1 is 1.21 bits per heavy atom. The SMILES string of the molecule is CNc1cc(CCC(=O)N2CCOCC2)cc(Nc2ncc(C(F)(F)F)c(NC)n2)c1C=N. The van der Waals surface area contributed by atoms with E-state index in [1.165, 1.54) is 7.05 Å². The number of aromatic nitrogens is 2. The van der Waals surface area contributed by atoms with Crippen LogP contribution in [0, 0.1) is 5.41 Å². The molecule has 1 aromatic carbocycles. The lowest BCUT2D eigenvalue weighted by atomic mass is 10.0. The summed E-state index contributed by atoms with van der Waals surface area (Å²) in [5, 5.41) is 16.1. The molecule has 9 nitrogen and oxygen atoms in total. The van der Waals surface area contributed by atoms with Crippen LogP contribution in [0.15, 0.2) is 18.3 Å². The molecule has 2 aromatic rings. The number of anilines is 4. The lowest BCUT2D eigenvalue weighted by molar-refractivity contribution is -0.137. The van der Waals surface area contributed by atoms with Crippen LogP contribution in [0.2, 0.25) is 0 Å². The predicted molar refractivity (Wildman–Crippen MR) is 119 cm³/mol. The van der Waals surface area contributed by atoms with Crippen LogP contribution in [0.4, 0.5) is 36.3 Å². The van der Waals surface area contributed by atoms with Crippen molar-refractivity contribution in [3.8, 4) is 0 Å². The van der Waals surface area contributed by atoms with E-state index in [1.807, 2.05) is 6.07 Å². The molecule has 0 aliphatic carbocycles. The van der Waals surface area contributed by atoms with Crippen molar-refractivity contribution in [2.24, 2.45) is 0 Å². The Balaban J connectivity index is 1.85. The fourth-order valence-corrected chi connectivity index (χ4v) is 3.51. The summed E-state index contributed by atoms with van der Waals surface area (Å²) in [6, 6.07) is 3.58. The summed E-state index contributed by atoms with van der Waals surface area (Å²) in [7, 11) is 3.04. The molecule has 1 amide bonds. The number of nitrogens with one attached hydrogen (secondary N) is 4. The maximum absolute atomic E-state index is 13.1. The third-order valence-corrected chi connectivity index (χ3v) is 5.22. The highest BCUT2D eigenvalue weighted by Gasteiger charge is 2.35. The molecule has 1 aliphatic heterocycles. The lowest BCUT2D eigenvalue weighted by Gasteiger charge is -2.27. The van der Waals surface area contributed by atoms with Gasteiger partial charge in [0.1, 0.15) is 11.4 Å². The fraction of sp³-hybridized carbons (Fsp3) is 0.429. The standard InChI is InChI=1S/C21H26F3N7O2/c1-26-16-9-13(3-4-18(32)31-5-7-33-8-6-31)10-17(14(16)11-25)29-20-28-12-15(21(22,23)24)19(27-2)30-20/h9-12,25-26H,3-8H2,1-2H3,(H2,27,28,29,30). The quantitative estimate of drug-likeness (QED) is 0.443. The molecule has 4 N–H and O–H groups in total. The summed E-state index contributed by atoms with van der Waals surface area (Å²) in [5.74, 6) is -0.392. The zero-order valence-corrected chi connectivity index (χ0v) is 18.3. The Kier molecular flexibility index (Phi) is 7.69. The summed E-state index contributed by atoms with van der Waals surface area (Å²) < 4.78 is 44.7. The van der Waals surface area contributed by atoms with Crippen molar-refractivity contribution < 1.29 is 22.7 Å². The van der Waals surface area contributed by atoms with Crippen LogP contribution in [0.1, 0.15) is 23.1 Å². The molecule has 1 fully saturated rings. The molecule has 0 atom stereocenters. The monoisotopic (exact) mass is 465 g/mol. The molecule has 1 aliphatic rings. The van der Waals surface area contributed by atoms with Gasteiger partial charge in [-0.2, -0.15) is 18.2 Å². The zero-order chi connectivity index (χ0) is 24.0. The number of nitrogens with zero attached hydrogens (tertiary/aromatic N) is 3. The van der Waals surface area contributed by atoms with Crippen LogP contribution < -0.4 is 16.0 Å². The van der Waals surface area contributed by atoms with Crippen molar-refractivity contribution in [1.82, 2.24) is 14.9 Å². The number of halogens is 3. The Bertz CT molecular complexity index is 1010. The van der Waals surface area contributed by atoms with Gasteiger partial charge in [0, 0.05) is 57.3 Å². The van der Waals surface area contributed by atoms with Gasteiger partial charge in [0.15, 0.2) is 0 Å². The van der Waals surface area contributed by atoms with E-state index in [0.29, 0.717) is 62.3 Å². The maximum Gasteiger partial charge on any atom is 0.421 e. The van der Waals surface area contributed by atoms with Gasteiger partial charge < -0.3 is 31.0 Å². The van der Waals surface area contributed by atoms with E-state index < -0.39 is 11.7 Å². The summed E-state index contributed by atoms with van der Waals surface area (Å²) in [4.78, 5) is 22.0. The number of amides is 1. The Labute approximate surface area is 189 Å². The van der Waals surface area contributed by atoms with Crippen molar-refractivity contribution in [3.05, 3.63) is 35.0 Å². The van der Waals surface area contributed by atoms with Gasteiger partial charge in [-0.3, -0.25) is 4.79 Å². The number of carbonyl (C=O) groups is 1. The second kappa shape index (κ2) is 10.5. The van der Waals surface area contributed by atoms with Gasteiger partial charge in [-0.05, 0) is 24.1 Å². The molecule has 12 heteroatoms. The van der Waals surface area contributed by atoms with Crippen LogP contribution in [-0.4, -0.2) is 67.4 Å². The number of hydrogen-bond acceptors (Lipinski definition) is 8. The van der Waals surface area contributed by atoms with Crippen molar-refractivity contribution in [2.45, 2.75) is 19.0 Å². The van der Waals surface area contributed by atoms with Crippen LogP contribution in [-0.2, 0) is 22.1 Å². The van der Waals surface area contributed by atoms with E-state index in [4.69, 9.17) is 10.1 Å². The first kappa shape index (κ1) is 24.2. The molecule has 33 heavy (non-hydrogen) atoms. The normalized spacial score (nSPS) is 14.0. The number of carbonyl (C=O) groups excluding carboxylic acids is 1. The van der Waals surface area contributed by atoms with Crippen LogP contribution in [0.3, 0.4) is 0 Å². The maximum atomic E-state index is 13.1. The largest absolute Gasteiger partial charge is 0.421 e. The number of rotatable bonds is 8. The highest BCUT2D eigenvalue weighted by molar-refractivity contribution is 5.94. The molecule has 0 unspecified atom stereocenters. The molecule has 0 spiro atoms. The first-order valence-corrected chi connectivity index (χ1v) is 10.4. The van der Waals surface area contributed by atoms with Gasteiger partial charge in [-0.25, -0.2) is 4.98 Å². The van der Waals surface area contributed by atoms with Crippen LogP contribution in [0.5, 0.6) is 0 Å². The van der Waals surface area contributed by atoms with Crippen LogP contribution in [0.25, 0.3) is 0 Å². The number of morpholine rings is 1. The Morgan fingerprint density at radius 2 is 1.91 bits per heavy atom. The van der Waals surface area contributed by atoms with Gasteiger partial charge in [0.05, 0.1) is 18.9 Å². The summed E-state index contributed by atoms with van der Waals surface area (Å²) in [5.41, 5.74) is 1.39. The molecule has 0 radical (unpaired) electrons. The lowest BCUT2D eigenvalue weighted by Crippen LogP contribution is -2.40. The van der Waals surface area contributed by atoms with E-state index in [9.17, 15) is 18.0 Å². The topological polar surface area (TPSA) is 115 Å². The number of benzene rings is 1. The predicted octanol–water partition coefficient (Wildman–Crippen LogP) is 3.11. The molecule has 0 bridgehead atoms. The first-order chi connectivity index (χ1) is 15.8. The minimum Gasteiger partial charge on any atom is -0.388 e. The van der Waals surface area contributed by atoms with Crippen molar-refractivity contribution in [3.63, 3.8) is 0 Å². The van der Waals surface area contributed by atoms with E-state index in [1.54, 1.807) is 18.0 Å². The molecule has 2 heterocycles. The summed E-state index contributed by atoms with van der Waals surface area (Å²) >= 11 is 0. The molecular formula is C21H26F3N7O2. The molecule has 0 saturated carbocycles. The van der Waals surface area contributed by atoms with Gasteiger partial charge in [-0.1, -0.05) is 0 Å². The minimum absolute atomic E-state index is 0.0275. The number of alkyl halides is 3. The van der Waals surface area contributed by atoms with Crippen molar-refractivity contribution in [1.29, 1.82) is 5.41 Å². The molecule has 1 saturated heterocycles. The van der Waals surface area contributed by atoms with E-state index in [0.717, 1.165) is 11.8 Å². The summed E-state index contributed by atoms with van der Waals surface area (Å²) in [6.07, 6.45) is -2.01. The molecule has 1 aromatic heterocycles. The first-order valence-electron chi connectivity index (χ1n) is 10.4. The highest BCUT2D eigenvalue weighted by Crippen LogP contribution is 2.34. The van der Waals surface area contributed by atoms with E-state index >= 15 is 0 Å². The number of ether oxygens (including phenoxy) is 1. The second-order valence-electron chi connectivity index (χ2n) is 7.32.